The highest BCUT2D eigenvalue weighted by Crippen LogP contribution is 2.20. The molecule has 1 fully saturated rings. The summed E-state index contributed by atoms with van der Waals surface area (Å²) in [5, 5.41) is 8.57. The van der Waals surface area contributed by atoms with Gasteiger partial charge in [0.05, 0.1) is 0 Å². The van der Waals surface area contributed by atoms with Gasteiger partial charge in [-0.25, -0.2) is 10.1 Å². The van der Waals surface area contributed by atoms with Gasteiger partial charge in [-0.1, -0.05) is 0 Å². The Hall–Kier alpha value is -0.790. The van der Waals surface area contributed by atoms with E-state index in [0.29, 0.717) is 0 Å². The number of nitrogens with zero attached hydrogens (tertiary/aromatic N) is 1. The molecule has 2 amide bonds. The van der Waals surface area contributed by atoms with Gasteiger partial charge in [0, 0.05) is 12.8 Å². The predicted octanol–water partition coefficient (Wildman–Crippen LogP) is -1.44. The van der Waals surface area contributed by atoms with Crippen molar-refractivity contribution in [1.29, 1.82) is 0 Å². The Bertz CT molecular complexity index is 235. The molecule has 1 saturated heterocycles. The quantitative estimate of drug-likeness (QED) is 0.219. The van der Waals surface area contributed by atoms with E-state index in [1.54, 1.807) is 0 Å². The number of carbonyl (C=O) groups excluding carboxylic acids is 2. The average Bonchev–Trinajstić information content (AvgIpc) is 2.16. The molecule has 1 heterocycles. The third kappa shape index (κ3) is 6.38. The van der Waals surface area contributed by atoms with Crippen LogP contribution in [-0.2, 0) is 14.2 Å². The maximum absolute atomic E-state index is 10.2. The van der Waals surface area contributed by atoms with E-state index in [-0.39, 0.29) is 17.9 Å². The van der Waals surface area contributed by atoms with E-state index in [2.05, 4.69) is 5.50 Å². The van der Waals surface area contributed by atoms with Crippen LogP contribution in [0.2, 0.25) is 0 Å². The highest BCUT2D eigenvalue weighted by molar-refractivity contribution is 7.49. The van der Waals surface area contributed by atoms with Gasteiger partial charge in [0.25, 0.3) is 11.8 Å². The van der Waals surface area contributed by atoms with Crippen molar-refractivity contribution >= 4 is 19.6 Å². The standard InChI is InChI=1S/C4H5NO3.H4NO3P/c6-3-1-2-4(7)5(3)8;1-5(2,3)4/h8H,1-2H2;(H4,1,2,3,4). The number of rotatable bonds is 0. The smallest absolute Gasteiger partial charge is 0.313 e. The molecule has 0 radical (unpaired) electrons. The zero-order chi connectivity index (χ0) is 10.6. The van der Waals surface area contributed by atoms with E-state index in [0.717, 1.165) is 0 Å². The fourth-order valence-corrected chi connectivity index (χ4v) is 0.565. The van der Waals surface area contributed by atoms with Gasteiger partial charge < -0.3 is 9.79 Å². The molecular weight excluding hydrogens is 203 g/mol. The molecule has 5 N–H and O–H groups in total. The Morgan fingerprint density at radius 3 is 1.54 bits per heavy atom. The van der Waals surface area contributed by atoms with Crippen LogP contribution in [0.15, 0.2) is 0 Å². The lowest BCUT2D eigenvalue weighted by molar-refractivity contribution is -0.171. The van der Waals surface area contributed by atoms with Gasteiger partial charge in [0.15, 0.2) is 0 Å². The number of hydrogen-bond acceptors (Lipinski definition) is 4. The molecule has 0 bridgehead atoms. The first kappa shape index (κ1) is 12.2. The van der Waals surface area contributed by atoms with E-state index in [9.17, 15) is 9.59 Å². The molecule has 9 heteroatoms. The lowest BCUT2D eigenvalue weighted by Gasteiger charge is -1.98. The molecule has 1 aliphatic heterocycles. The van der Waals surface area contributed by atoms with Crippen molar-refractivity contribution in [3.8, 4) is 0 Å². The van der Waals surface area contributed by atoms with Crippen molar-refractivity contribution in [2.75, 3.05) is 0 Å². The fourth-order valence-electron chi connectivity index (χ4n) is 0.565. The Labute approximate surface area is 73.1 Å². The SMILES string of the molecule is NP(=O)(O)O.O=C1CCC(=O)N1O. The van der Waals surface area contributed by atoms with E-state index < -0.39 is 19.6 Å². The highest BCUT2D eigenvalue weighted by Gasteiger charge is 2.26. The highest BCUT2D eigenvalue weighted by atomic mass is 31.2. The molecule has 1 rings (SSSR count). The van der Waals surface area contributed by atoms with Crippen molar-refractivity contribution in [3.63, 3.8) is 0 Å². The van der Waals surface area contributed by atoms with Crippen molar-refractivity contribution in [2.45, 2.75) is 12.8 Å². The van der Waals surface area contributed by atoms with Crippen LogP contribution in [0.4, 0.5) is 0 Å². The molecule has 0 unspecified atom stereocenters. The number of hydrogen-bond donors (Lipinski definition) is 4. The zero-order valence-corrected chi connectivity index (χ0v) is 7.35. The van der Waals surface area contributed by atoms with Crippen LogP contribution >= 0.6 is 7.75 Å². The number of imide groups is 1. The number of amides is 2. The second-order valence-electron chi connectivity index (χ2n) is 2.19. The first-order valence-corrected chi connectivity index (χ1v) is 4.78. The molecule has 0 saturated carbocycles. The van der Waals surface area contributed by atoms with Crippen molar-refractivity contribution < 1.29 is 29.1 Å². The topological polar surface area (TPSA) is 141 Å². The Morgan fingerprint density at radius 1 is 1.23 bits per heavy atom. The van der Waals surface area contributed by atoms with Crippen LogP contribution in [-0.4, -0.2) is 31.9 Å². The second kappa shape index (κ2) is 4.45. The lowest BCUT2D eigenvalue weighted by atomic mass is 10.4. The summed E-state index contributed by atoms with van der Waals surface area (Å²) in [4.78, 5) is 35.3. The summed E-state index contributed by atoms with van der Waals surface area (Å²) in [6.07, 6.45) is 0.296. The van der Waals surface area contributed by atoms with Crippen LogP contribution in [0.5, 0.6) is 0 Å². The molecule has 8 nitrogen and oxygen atoms in total. The van der Waals surface area contributed by atoms with Gasteiger partial charge in [-0.15, -0.1) is 0 Å². The number of nitrogens with two attached hydrogens (primary N) is 1. The zero-order valence-electron chi connectivity index (χ0n) is 6.45. The van der Waals surface area contributed by atoms with Gasteiger partial charge in [-0.2, -0.15) is 5.06 Å². The maximum atomic E-state index is 10.2. The van der Waals surface area contributed by atoms with E-state index in [4.69, 9.17) is 19.6 Å². The number of hydroxylamine groups is 2. The van der Waals surface area contributed by atoms with Gasteiger partial charge in [0.1, 0.15) is 0 Å². The van der Waals surface area contributed by atoms with Crippen molar-refractivity contribution in [1.82, 2.24) is 5.06 Å². The molecule has 13 heavy (non-hydrogen) atoms. The Kier molecular flexibility index (Phi) is 4.18. The minimum atomic E-state index is -4.14. The molecule has 0 spiro atoms. The minimum absolute atomic E-state index is 0.148. The van der Waals surface area contributed by atoms with Crippen molar-refractivity contribution in [2.24, 2.45) is 5.50 Å². The van der Waals surface area contributed by atoms with Gasteiger partial charge in [0.2, 0.25) is 0 Å². The van der Waals surface area contributed by atoms with Gasteiger partial charge in [-0.3, -0.25) is 14.8 Å². The number of carbonyl (C=O) groups is 2. The summed E-state index contributed by atoms with van der Waals surface area (Å²) in [6.45, 7) is 0. The summed E-state index contributed by atoms with van der Waals surface area (Å²) in [7, 11) is -4.14. The summed E-state index contributed by atoms with van der Waals surface area (Å²) in [5.41, 5.74) is 4.02. The maximum Gasteiger partial charge on any atom is 0.397 e. The predicted molar refractivity (Wildman–Crippen MR) is 39.1 cm³/mol. The van der Waals surface area contributed by atoms with Crippen LogP contribution < -0.4 is 5.50 Å². The first-order chi connectivity index (χ1) is 5.72. The fraction of sp³-hybridized carbons (Fsp3) is 0.500. The van der Waals surface area contributed by atoms with Gasteiger partial charge >= 0.3 is 7.75 Å². The minimum Gasteiger partial charge on any atom is -0.313 e. The van der Waals surface area contributed by atoms with Crippen LogP contribution in [0.3, 0.4) is 0 Å². The molecule has 1 aliphatic rings. The van der Waals surface area contributed by atoms with Crippen LogP contribution in [0, 0.1) is 0 Å². The average molecular weight is 212 g/mol. The van der Waals surface area contributed by atoms with E-state index in [1.807, 2.05) is 0 Å². The largest absolute Gasteiger partial charge is 0.397 e. The first-order valence-electron chi connectivity index (χ1n) is 3.10. The second-order valence-corrected chi connectivity index (χ2v) is 3.37. The molecule has 76 valence electrons. The Morgan fingerprint density at radius 2 is 1.46 bits per heavy atom. The monoisotopic (exact) mass is 212 g/mol. The summed E-state index contributed by atoms with van der Waals surface area (Å²) in [5.74, 6) is -1.01. The third-order valence-electron chi connectivity index (χ3n) is 1.03. The lowest BCUT2D eigenvalue weighted by Crippen LogP contribution is -2.24. The normalized spacial score (nSPS) is 17.1. The summed E-state index contributed by atoms with van der Waals surface area (Å²) < 4.78 is 9.10. The summed E-state index contributed by atoms with van der Waals surface area (Å²) >= 11 is 0. The summed E-state index contributed by atoms with van der Waals surface area (Å²) in [6, 6.07) is 0. The van der Waals surface area contributed by atoms with Crippen LogP contribution in [0.25, 0.3) is 0 Å². The third-order valence-corrected chi connectivity index (χ3v) is 1.03. The molecule has 0 aliphatic carbocycles. The molecule has 0 aromatic heterocycles. The van der Waals surface area contributed by atoms with Gasteiger partial charge in [-0.05, 0) is 0 Å². The Balaban J connectivity index is 0.000000252. The van der Waals surface area contributed by atoms with Crippen LogP contribution in [0.1, 0.15) is 12.8 Å². The van der Waals surface area contributed by atoms with E-state index >= 15 is 0 Å². The van der Waals surface area contributed by atoms with E-state index in [1.165, 1.54) is 0 Å². The molecular formula is C4H9N2O6P. The molecule has 0 atom stereocenters. The molecule has 0 aromatic carbocycles. The van der Waals surface area contributed by atoms with Crippen molar-refractivity contribution in [3.05, 3.63) is 0 Å². The molecule has 0 aromatic rings.